The van der Waals surface area contributed by atoms with Crippen molar-refractivity contribution in [1.82, 2.24) is 20.1 Å². The molecule has 6 nitrogen and oxygen atoms in total. The molecule has 0 unspecified atom stereocenters. The molecular formula is C19H17F3N4O2. The second-order valence-corrected chi connectivity index (χ2v) is 6.02. The molecule has 0 aliphatic carbocycles. The summed E-state index contributed by atoms with van der Waals surface area (Å²) in [6.07, 6.45) is -1.32. The first-order chi connectivity index (χ1) is 13.4. The molecule has 0 atom stereocenters. The Hall–Kier alpha value is -3.36. The number of nitrogens with one attached hydrogen (secondary N) is 1. The van der Waals surface area contributed by atoms with Crippen LogP contribution in [0.3, 0.4) is 0 Å². The number of alkyl halides is 3. The molecule has 1 amide bonds. The number of nitrogens with zero attached hydrogens (tertiary/aromatic N) is 3. The Balaban J connectivity index is 1.54. The van der Waals surface area contributed by atoms with Gasteiger partial charge in [-0.3, -0.25) is 4.79 Å². The van der Waals surface area contributed by atoms with Crippen molar-refractivity contribution >= 4 is 5.91 Å². The highest BCUT2D eigenvalue weighted by molar-refractivity contribution is 5.94. The summed E-state index contributed by atoms with van der Waals surface area (Å²) >= 11 is 0. The number of amides is 1. The largest absolute Gasteiger partial charge is 0.484 e. The molecule has 3 aromatic rings. The van der Waals surface area contributed by atoms with Gasteiger partial charge in [-0.05, 0) is 35.4 Å². The average molecular weight is 390 g/mol. The van der Waals surface area contributed by atoms with Crippen molar-refractivity contribution in [2.24, 2.45) is 0 Å². The number of aromatic nitrogens is 3. The van der Waals surface area contributed by atoms with Crippen LogP contribution in [-0.2, 0) is 13.1 Å². The van der Waals surface area contributed by atoms with Crippen molar-refractivity contribution in [2.75, 3.05) is 6.61 Å². The van der Waals surface area contributed by atoms with E-state index < -0.39 is 12.8 Å². The Labute approximate surface area is 159 Å². The Bertz CT molecular complexity index is 910. The molecule has 9 heteroatoms. The molecule has 146 valence electrons. The number of hydrogen-bond acceptors (Lipinski definition) is 4. The van der Waals surface area contributed by atoms with Crippen LogP contribution in [0.5, 0.6) is 5.75 Å². The molecule has 0 aliphatic heterocycles. The van der Waals surface area contributed by atoms with E-state index in [2.05, 4.69) is 20.1 Å². The van der Waals surface area contributed by atoms with Gasteiger partial charge in [-0.15, -0.1) is 0 Å². The van der Waals surface area contributed by atoms with Crippen LogP contribution in [-0.4, -0.2) is 33.5 Å². The molecule has 1 aromatic heterocycles. The summed E-state index contributed by atoms with van der Waals surface area (Å²) in [4.78, 5) is 16.1. The number of ether oxygens (including phenoxy) is 1. The van der Waals surface area contributed by atoms with Crippen LogP contribution in [0.1, 0.15) is 21.5 Å². The minimum atomic E-state index is -4.40. The van der Waals surface area contributed by atoms with Crippen molar-refractivity contribution in [3.63, 3.8) is 0 Å². The lowest BCUT2D eigenvalue weighted by molar-refractivity contribution is -0.153. The van der Waals surface area contributed by atoms with E-state index in [4.69, 9.17) is 0 Å². The molecule has 0 fully saturated rings. The van der Waals surface area contributed by atoms with Crippen molar-refractivity contribution in [3.05, 3.63) is 77.9 Å². The fraction of sp³-hybridized carbons (Fsp3) is 0.211. The lowest BCUT2D eigenvalue weighted by Crippen LogP contribution is -2.23. The van der Waals surface area contributed by atoms with Crippen LogP contribution in [0.25, 0.3) is 0 Å². The highest BCUT2D eigenvalue weighted by Crippen LogP contribution is 2.19. The predicted octanol–water partition coefficient (Wildman–Crippen LogP) is 3.20. The van der Waals surface area contributed by atoms with Crippen molar-refractivity contribution in [3.8, 4) is 5.75 Å². The van der Waals surface area contributed by atoms with Gasteiger partial charge < -0.3 is 10.1 Å². The van der Waals surface area contributed by atoms with Gasteiger partial charge in [-0.2, -0.15) is 18.3 Å². The van der Waals surface area contributed by atoms with E-state index in [0.717, 1.165) is 11.1 Å². The molecule has 0 saturated carbocycles. The van der Waals surface area contributed by atoms with Crippen LogP contribution in [0.2, 0.25) is 0 Å². The first-order valence-electron chi connectivity index (χ1n) is 8.37. The highest BCUT2D eigenvalue weighted by Gasteiger charge is 2.28. The number of carbonyl (C=O) groups is 1. The monoisotopic (exact) mass is 390 g/mol. The van der Waals surface area contributed by atoms with Crippen molar-refractivity contribution < 1.29 is 22.7 Å². The SMILES string of the molecule is O=C(NCc1cccc(Cn2cncn2)c1)c1ccc(OCC(F)(F)F)cc1. The van der Waals surface area contributed by atoms with Gasteiger partial charge >= 0.3 is 6.18 Å². The molecule has 3 rings (SSSR count). The zero-order valence-electron chi connectivity index (χ0n) is 14.7. The van der Waals surface area contributed by atoms with Gasteiger partial charge in [0.2, 0.25) is 0 Å². The molecule has 0 aliphatic rings. The minimum absolute atomic E-state index is 0.0506. The standard InChI is InChI=1S/C19H17F3N4O2/c20-19(21,22)11-28-17-6-4-16(5-7-17)18(27)24-9-14-2-1-3-15(8-14)10-26-13-23-12-25-26/h1-8,12-13H,9-11H2,(H,24,27). The molecule has 0 bridgehead atoms. The second kappa shape index (κ2) is 8.55. The summed E-state index contributed by atoms with van der Waals surface area (Å²) in [6.45, 7) is -0.485. The van der Waals surface area contributed by atoms with Crippen molar-refractivity contribution in [1.29, 1.82) is 0 Å². The molecule has 2 aromatic carbocycles. The number of rotatable bonds is 7. The lowest BCUT2D eigenvalue weighted by atomic mass is 10.1. The Kier molecular flexibility index (Phi) is 5.93. The van der Waals surface area contributed by atoms with Crippen LogP contribution < -0.4 is 10.1 Å². The Morgan fingerprint density at radius 3 is 2.54 bits per heavy atom. The fourth-order valence-corrected chi connectivity index (χ4v) is 2.49. The van der Waals surface area contributed by atoms with Crippen LogP contribution in [0.4, 0.5) is 13.2 Å². The topological polar surface area (TPSA) is 69.0 Å². The van der Waals surface area contributed by atoms with Gasteiger partial charge in [0.05, 0.1) is 6.54 Å². The van der Waals surface area contributed by atoms with Gasteiger partial charge in [0.1, 0.15) is 18.4 Å². The maximum absolute atomic E-state index is 12.2. The van der Waals surface area contributed by atoms with Crippen LogP contribution >= 0.6 is 0 Å². The molecular weight excluding hydrogens is 373 g/mol. The van der Waals surface area contributed by atoms with E-state index in [9.17, 15) is 18.0 Å². The number of hydrogen-bond donors (Lipinski definition) is 1. The maximum atomic E-state index is 12.2. The molecule has 28 heavy (non-hydrogen) atoms. The Morgan fingerprint density at radius 2 is 1.86 bits per heavy atom. The molecule has 0 spiro atoms. The average Bonchev–Trinajstić information content (AvgIpc) is 3.17. The van der Waals surface area contributed by atoms with E-state index >= 15 is 0 Å². The van der Waals surface area contributed by atoms with E-state index in [1.807, 2.05) is 24.3 Å². The smallest absolute Gasteiger partial charge is 0.422 e. The third-order valence-electron chi connectivity index (χ3n) is 3.77. The van der Waals surface area contributed by atoms with Crippen LogP contribution in [0, 0.1) is 0 Å². The molecule has 0 saturated heterocycles. The van der Waals surface area contributed by atoms with E-state index in [1.54, 1.807) is 11.0 Å². The number of halogens is 3. The summed E-state index contributed by atoms with van der Waals surface area (Å²) in [5.41, 5.74) is 2.26. The summed E-state index contributed by atoms with van der Waals surface area (Å²) in [6, 6.07) is 13.2. The molecule has 1 heterocycles. The summed E-state index contributed by atoms with van der Waals surface area (Å²) in [5, 5.41) is 6.83. The van der Waals surface area contributed by atoms with Crippen molar-refractivity contribution in [2.45, 2.75) is 19.3 Å². The highest BCUT2D eigenvalue weighted by atomic mass is 19.4. The first kappa shape index (κ1) is 19.4. The van der Waals surface area contributed by atoms with Gasteiger partial charge in [0.15, 0.2) is 6.61 Å². The predicted molar refractivity (Wildman–Crippen MR) is 94.7 cm³/mol. The third-order valence-corrected chi connectivity index (χ3v) is 3.77. The van der Waals surface area contributed by atoms with E-state index in [0.29, 0.717) is 18.7 Å². The number of carbonyl (C=O) groups excluding carboxylic acids is 1. The minimum Gasteiger partial charge on any atom is -0.484 e. The fourth-order valence-electron chi connectivity index (χ4n) is 2.49. The summed E-state index contributed by atoms with van der Waals surface area (Å²) in [7, 11) is 0. The molecule has 0 radical (unpaired) electrons. The summed E-state index contributed by atoms with van der Waals surface area (Å²) in [5.74, 6) is -0.279. The first-order valence-corrected chi connectivity index (χ1v) is 8.37. The summed E-state index contributed by atoms with van der Waals surface area (Å²) < 4.78 is 42.8. The van der Waals surface area contributed by atoms with Gasteiger partial charge in [-0.25, -0.2) is 9.67 Å². The number of benzene rings is 2. The van der Waals surface area contributed by atoms with Gasteiger partial charge in [-0.1, -0.05) is 24.3 Å². The zero-order valence-corrected chi connectivity index (χ0v) is 14.7. The van der Waals surface area contributed by atoms with Gasteiger partial charge in [0.25, 0.3) is 5.91 Å². The van der Waals surface area contributed by atoms with E-state index in [-0.39, 0.29) is 11.7 Å². The second-order valence-electron chi connectivity index (χ2n) is 6.02. The maximum Gasteiger partial charge on any atom is 0.422 e. The lowest BCUT2D eigenvalue weighted by Gasteiger charge is -2.10. The Morgan fingerprint density at radius 1 is 1.11 bits per heavy atom. The molecule has 1 N–H and O–H groups in total. The quantitative estimate of drug-likeness (QED) is 0.673. The third kappa shape index (κ3) is 5.83. The van der Waals surface area contributed by atoms with E-state index in [1.165, 1.54) is 30.6 Å². The zero-order chi connectivity index (χ0) is 20.0. The normalized spacial score (nSPS) is 11.2. The van der Waals surface area contributed by atoms with Crippen LogP contribution in [0.15, 0.2) is 61.2 Å². The van der Waals surface area contributed by atoms with Gasteiger partial charge in [0, 0.05) is 12.1 Å².